The number of aryl methyl sites for hydroxylation is 2. The minimum Gasteiger partial charge on any atom is -0.459 e. The summed E-state index contributed by atoms with van der Waals surface area (Å²) in [5.41, 5.74) is 2.42. The summed E-state index contributed by atoms with van der Waals surface area (Å²) in [6.45, 7) is 8.56. The summed E-state index contributed by atoms with van der Waals surface area (Å²) in [6.07, 6.45) is 2.05. The van der Waals surface area contributed by atoms with Gasteiger partial charge >= 0.3 is 5.97 Å². The van der Waals surface area contributed by atoms with Gasteiger partial charge < -0.3 is 4.74 Å². The first-order chi connectivity index (χ1) is 13.0. The normalized spacial score (nSPS) is 12.3. The summed E-state index contributed by atoms with van der Waals surface area (Å²) < 4.78 is 32.6. The van der Waals surface area contributed by atoms with Gasteiger partial charge in [0, 0.05) is 19.5 Å². The van der Waals surface area contributed by atoms with Crippen LogP contribution in [0.1, 0.15) is 37.6 Å². The first-order valence-corrected chi connectivity index (χ1v) is 10.3. The lowest BCUT2D eigenvalue weighted by Crippen LogP contribution is -2.29. The molecule has 2 aromatic heterocycles. The van der Waals surface area contributed by atoms with Crippen LogP contribution in [0.15, 0.2) is 41.4 Å². The number of ether oxygens (including phenoxy) is 1. The molecule has 0 fully saturated rings. The number of aromatic nitrogens is 3. The van der Waals surface area contributed by atoms with Gasteiger partial charge in [0.2, 0.25) is 0 Å². The van der Waals surface area contributed by atoms with E-state index in [0.717, 1.165) is 15.2 Å². The molecule has 0 radical (unpaired) electrons. The SMILES string of the molecule is CC(=O)OC(C)(C)Cc1cnc2c(C)nn(S(=O)(=O)c3ccc(C)cc3)c2c1. The molecule has 0 spiro atoms. The molecule has 0 amide bonds. The van der Waals surface area contributed by atoms with E-state index in [1.54, 1.807) is 57.3 Å². The molecule has 8 heteroatoms. The molecular weight excluding hydrogens is 378 g/mol. The van der Waals surface area contributed by atoms with Crippen molar-refractivity contribution >= 4 is 27.0 Å². The van der Waals surface area contributed by atoms with Crippen molar-refractivity contribution in [1.82, 2.24) is 14.2 Å². The number of esters is 1. The van der Waals surface area contributed by atoms with E-state index in [-0.39, 0.29) is 10.9 Å². The lowest BCUT2D eigenvalue weighted by atomic mass is 9.99. The van der Waals surface area contributed by atoms with Crippen LogP contribution in [0.25, 0.3) is 11.0 Å². The molecule has 0 aliphatic rings. The third kappa shape index (κ3) is 3.91. The molecule has 0 saturated carbocycles. The Labute approximate surface area is 164 Å². The molecule has 0 bridgehead atoms. The third-order valence-corrected chi connectivity index (χ3v) is 5.91. The topological polar surface area (TPSA) is 91.2 Å². The maximum Gasteiger partial charge on any atom is 0.303 e. The van der Waals surface area contributed by atoms with Gasteiger partial charge in [0.1, 0.15) is 16.6 Å². The Bertz CT molecular complexity index is 1150. The van der Waals surface area contributed by atoms with Crippen molar-refractivity contribution in [3.8, 4) is 0 Å². The van der Waals surface area contributed by atoms with Crippen LogP contribution in [0.4, 0.5) is 0 Å². The number of nitrogens with zero attached hydrogens (tertiary/aromatic N) is 3. The zero-order valence-electron chi connectivity index (χ0n) is 16.6. The highest BCUT2D eigenvalue weighted by Crippen LogP contribution is 2.25. The first kappa shape index (κ1) is 20.0. The van der Waals surface area contributed by atoms with Crippen molar-refractivity contribution < 1.29 is 17.9 Å². The molecule has 0 N–H and O–H groups in total. The highest BCUT2D eigenvalue weighted by atomic mass is 32.2. The quantitative estimate of drug-likeness (QED) is 0.610. The molecule has 0 saturated heterocycles. The maximum absolute atomic E-state index is 13.1. The Morgan fingerprint density at radius 3 is 2.43 bits per heavy atom. The van der Waals surface area contributed by atoms with Crippen molar-refractivity contribution in [1.29, 1.82) is 0 Å². The Morgan fingerprint density at radius 1 is 1.18 bits per heavy atom. The highest BCUT2D eigenvalue weighted by molar-refractivity contribution is 7.90. The van der Waals surface area contributed by atoms with E-state index in [2.05, 4.69) is 10.1 Å². The Hall–Kier alpha value is -2.74. The Morgan fingerprint density at radius 2 is 1.82 bits per heavy atom. The van der Waals surface area contributed by atoms with Crippen molar-refractivity contribution in [3.05, 3.63) is 53.3 Å². The largest absolute Gasteiger partial charge is 0.459 e. The van der Waals surface area contributed by atoms with Crippen LogP contribution in [0.5, 0.6) is 0 Å². The van der Waals surface area contributed by atoms with E-state index in [0.29, 0.717) is 23.1 Å². The molecule has 148 valence electrons. The molecule has 3 aromatic rings. The number of benzene rings is 1. The average Bonchev–Trinajstić information content (AvgIpc) is 2.90. The fourth-order valence-electron chi connectivity index (χ4n) is 3.16. The number of carbonyl (C=O) groups is 1. The standard InChI is InChI=1S/C20H23N3O4S/c1-13-6-8-17(9-7-13)28(25,26)23-18-10-16(11-20(4,5)27-15(3)24)12-21-19(18)14(2)22-23/h6-10,12H,11H2,1-5H3. The fourth-order valence-corrected chi connectivity index (χ4v) is 4.47. The molecule has 0 atom stereocenters. The molecule has 0 aliphatic heterocycles. The Kier molecular flexibility index (Phi) is 5.01. The number of hydrogen-bond acceptors (Lipinski definition) is 6. The van der Waals surface area contributed by atoms with Crippen molar-refractivity contribution in [2.24, 2.45) is 0 Å². The van der Waals surface area contributed by atoms with Crippen LogP contribution in [0, 0.1) is 13.8 Å². The van der Waals surface area contributed by atoms with Crippen molar-refractivity contribution in [2.45, 2.75) is 51.5 Å². The van der Waals surface area contributed by atoms with E-state index in [1.807, 2.05) is 6.92 Å². The molecule has 28 heavy (non-hydrogen) atoms. The zero-order chi connectivity index (χ0) is 20.7. The fraction of sp³-hybridized carbons (Fsp3) is 0.350. The predicted octanol–water partition coefficient (Wildman–Crippen LogP) is 3.17. The number of pyridine rings is 1. The summed E-state index contributed by atoms with van der Waals surface area (Å²) in [7, 11) is -3.86. The maximum atomic E-state index is 13.1. The molecule has 0 aliphatic carbocycles. The number of fused-ring (bicyclic) bond motifs is 1. The van der Waals surface area contributed by atoms with E-state index >= 15 is 0 Å². The first-order valence-electron chi connectivity index (χ1n) is 8.86. The van der Waals surface area contributed by atoms with Gasteiger partial charge in [-0.15, -0.1) is 0 Å². The van der Waals surface area contributed by atoms with Crippen LogP contribution < -0.4 is 0 Å². The molecule has 3 rings (SSSR count). The minimum atomic E-state index is -3.86. The second-order valence-electron chi connectivity index (χ2n) is 7.49. The lowest BCUT2D eigenvalue weighted by molar-refractivity contribution is -0.153. The van der Waals surface area contributed by atoms with E-state index in [1.165, 1.54) is 6.92 Å². The van der Waals surface area contributed by atoms with E-state index in [9.17, 15) is 13.2 Å². The van der Waals surface area contributed by atoms with Crippen LogP contribution in [-0.2, 0) is 26.0 Å². The van der Waals surface area contributed by atoms with Crippen LogP contribution in [-0.4, -0.2) is 34.2 Å². The summed E-state index contributed by atoms with van der Waals surface area (Å²) in [5.74, 6) is -0.373. The molecular formula is C20H23N3O4S. The second-order valence-corrected chi connectivity index (χ2v) is 9.26. The monoisotopic (exact) mass is 401 g/mol. The molecule has 0 unspecified atom stereocenters. The minimum absolute atomic E-state index is 0.160. The van der Waals surface area contributed by atoms with Crippen LogP contribution in [0.2, 0.25) is 0 Å². The smallest absolute Gasteiger partial charge is 0.303 e. The van der Waals surface area contributed by atoms with Gasteiger partial charge in [-0.05, 0) is 51.5 Å². The average molecular weight is 401 g/mol. The highest BCUT2D eigenvalue weighted by Gasteiger charge is 2.25. The van der Waals surface area contributed by atoms with Crippen molar-refractivity contribution in [2.75, 3.05) is 0 Å². The number of rotatable bonds is 5. The molecule has 1 aromatic carbocycles. The van der Waals surface area contributed by atoms with Crippen LogP contribution >= 0.6 is 0 Å². The zero-order valence-corrected chi connectivity index (χ0v) is 17.4. The van der Waals surface area contributed by atoms with E-state index < -0.39 is 15.6 Å². The van der Waals surface area contributed by atoms with E-state index in [4.69, 9.17) is 4.74 Å². The van der Waals surface area contributed by atoms with Gasteiger partial charge in [0.25, 0.3) is 10.0 Å². The summed E-state index contributed by atoms with van der Waals surface area (Å²) in [4.78, 5) is 15.9. The van der Waals surface area contributed by atoms with Gasteiger partial charge in [-0.3, -0.25) is 9.78 Å². The third-order valence-electron chi connectivity index (χ3n) is 4.31. The number of hydrogen-bond donors (Lipinski definition) is 0. The molecule has 7 nitrogen and oxygen atoms in total. The van der Waals surface area contributed by atoms with Gasteiger partial charge in [-0.25, -0.2) is 0 Å². The van der Waals surface area contributed by atoms with Gasteiger partial charge in [-0.1, -0.05) is 17.7 Å². The van der Waals surface area contributed by atoms with Gasteiger partial charge in [0.15, 0.2) is 0 Å². The van der Waals surface area contributed by atoms with Crippen molar-refractivity contribution in [3.63, 3.8) is 0 Å². The summed E-state index contributed by atoms with van der Waals surface area (Å²) in [5, 5.41) is 4.23. The number of carbonyl (C=O) groups excluding carboxylic acids is 1. The van der Waals surface area contributed by atoms with Crippen LogP contribution in [0.3, 0.4) is 0 Å². The predicted molar refractivity (Wildman–Crippen MR) is 106 cm³/mol. The lowest BCUT2D eigenvalue weighted by Gasteiger charge is -2.24. The molecule has 2 heterocycles. The Balaban J connectivity index is 2.09. The second kappa shape index (κ2) is 7.01. The van der Waals surface area contributed by atoms with Gasteiger partial charge in [-0.2, -0.15) is 17.6 Å². The summed E-state index contributed by atoms with van der Waals surface area (Å²) in [6, 6.07) is 8.36. The summed E-state index contributed by atoms with van der Waals surface area (Å²) >= 11 is 0. The van der Waals surface area contributed by atoms with Gasteiger partial charge in [0.05, 0.1) is 10.6 Å².